The fourth-order valence-corrected chi connectivity index (χ4v) is 5.37. The zero-order valence-electron chi connectivity index (χ0n) is 21.6. The molecule has 0 unspecified atom stereocenters. The first kappa shape index (κ1) is 26.3. The van der Waals surface area contributed by atoms with E-state index in [9.17, 15) is 14.7 Å². The fraction of sp³-hybridized carbons (Fsp3) is 0.704. The molecule has 0 saturated carbocycles. The summed E-state index contributed by atoms with van der Waals surface area (Å²) in [5, 5.41) is 9.29. The van der Waals surface area contributed by atoms with Gasteiger partial charge in [-0.1, -0.05) is 13.8 Å². The van der Waals surface area contributed by atoms with Gasteiger partial charge in [0.05, 0.1) is 26.2 Å². The lowest BCUT2D eigenvalue weighted by Gasteiger charge is -2.47. The number of benzene rings is 1. The molecule has 34 heavy (non-hydrogen) atoms. The van der Waals surface area contributed by atoms with Gasteiger partial charge < -0.3 is 19.3 Å². The molecule has 2 aliphatic heterocycles. The van der Waals surface area contributed by atoms with Crippen molar-refractivity contribution >= 4 is 11.9 Å². The Balaban J connectivity index is 1.73. The van der Waals surface area contributed by atoms with E-state index in [4.69, 9.17) is 14.2 Å². The number of carboxylic acid groups (broad SMARTS) is 1. The molecule has 2 heterocycles. The van der Waals surface area contributed by atoms with Gasteiger partial charge in [0.1, 0.15) is 0 Å². The summed E-state index contributed by atoms with van der Waals surface area (Å²) in [6.07, 6.45) is 3.40. The minimum atomic E-state index is -0.934. The van der Waals surface area contributed by atoms with Gasteiger partial charge in [-0.3, -0.25) is 14.5 Å². The lowest BCUT2D eigenvalue weighted by atomic mass is 9.74. The van der Waals surface area contributed by atoms with Crippen LogP contribution in [0.5, 0.6) is 11.5 Å². The van der Waals surface area contributed by atoms with Gasteiger partial charge in [0.2, 0.25) is 0 Å². The Morgan fingerprint density at radius 3 is 2.44 bits per heavy atom. The molecule has 0 aliphatic carbocycles. The molecule has 1 N–H and O–H groups in total. The summed E-state index contributed by atoms with van der Waals surface area (Å²) in [5.74, 6) is 1.59. The Kier molecular flexibility index (Phi) is 8.50. The molecule has 1 aromatic carbocycles. The molecule has 2 aliphatic rings. The molecule has 190 valence electrons. The molecule has 3 atom stereocenters. The Hall–Kier alpha value is -2.28. The number of carboxylic acids is 1. The summed E-state index contributed by atoms with van der Waals surface area (Å²) in [7, 11) is 3.33. The number of piperidine rings is 1. The maximum absolute atomic E-state index is 12.5. The highest BCUT2D eigenvalue weighted by atomic mass is 16.5. The van der Waals surface area contributed by atoms with Crippen LogP contribution in [-0.4, -0.2) is 55.9 Å². The summed E-state index contributed by atoms with van der Waals surface area (Å²) in [6.45, 7) is 10.2. The second kappa shape index (κ2) is 11.0. The third kappa shape index (κ3) is 6.04. The number of fused-ring (bicyclic) bond motifs is 3. The van der Waals surface area contributed by atoms with Gasteiger partial charge in [0.15, 0.2) is 11.5 Å². The number of hydrogen-bond acceptors (Lipinski definition) is 6. The van der Waals surface area contributed by atoms with Crippen molar-refractivity contribution < 1.29 is 28.9 Å². The van der Waals surface area contributed by atoms with E-state index in [0.717, 1.165) is 43.9 Å². The molecule has 0 radical (unpaired) electrons. The molecule has 0 spiro atoms. The van der Waals surface area contributed by atoms with Crippen LogP contribution in [0.1, 0.15) is 70.5 Å². The van der Waals surface area contributed by atoms with E-state index in [0.29, 0.717) is 18.4 Å². The number of ether oxygens (including phenoxy) is 3. The van der Waals surface area contributed by atoms with Crippen molar-refractivity contribution in [3.63, 3.8) is 0 Å². The van der Waals surface area contributed by atoms with Crippen LogP contribution in [0, 0.1) is 23.2 Å². The number of hydrogen-bond donors (Lipinski definition) is 1. The first-order chi connectivity index (χ1) is 16.1. The fourth-order valence-electron chi connectivity index (χ4n) is 5.37. The summed E-state index contributed by atoms with van der Waals surface area (Å²) >= 11 is 0. The number of methoxy groups -OCH3 is 2. The van der Waals surface area contributed by atoms with E-state index in [1.54, 1.807) is 28.1 Å². The quantitative estimate of drug-likeness (QED) is 0.490. The highest BCUT2D eigenvalue weighted by Gasteiger charge is 2.40. The van der Waals surface area contributed by atoms with Crippen molar-refractivity contribution in [2.45, 2.75) is 65.8 Å². The van der Waals surface area contributed by atoms with Crippen LogP contribution < -0.4 is 9.47 Å². The summed E-state index contributed by atoms with van der Waals surface area (Å²) < 4.78 is 16.8. The number of aliphatic carboxylic acids is 1. The Bertz CT molecular complexity index is 880. The first-order valence-electron chi connectivity index (χ1n) is 12.4. The standard InChI is InChI=1S/C27H41NO6/c1-17(2)11-19-15-28-10-8-18-13-23(32-5)24(33-6)14-21(18)22(28)12-20(19)16-34-25(29)7-9-27(3,4)26(30)31/h13-14,17,19-20,22H,7-12,15-16H2,1-6H3,(H,30,31)/t19-,20+,22-/m1/s1. The Labute approximate surface area is 203 Å². The van der Waals surface area contributed by atoms with Gasteiger partial charge >= 0.3 is 11.9 Å². The maximum Gasteiger partial charge on any atom is 0.309 e. The average molecular weight is 476 g/mol. The van der Waals surface area contributed by atoms with Crippen molar-refractivity contribution in [1.29, 1.82) is 0 Å². The van der Waals surface area contributed by atoms with Crippen LogP contribution in [0.25, 0.3) is 0 Å². The van der Waals surface area contributed by atoms with Crippen molar-refractivity contribution in [2.75, 3.05) is 33.9 Å². The molecular weight excluding hydrogens is 434 g/mol. The van der Waals surface area contributed by atoms with E-state index < -0.39 is 11.4 Å². The predicted molar refractivity (Wildman–Crippen MR) is 130 cm³/mol. The van der Waals surface area contributed by atoms with Crippen molar-refractivity contribution in [1.82, 2.24) is 4.90 Å². The smallest absolute Gasteiger partial charge is 0.309 e. The summed E-state index contributed by atoms with van der Waals surface area (Å²) in [5.41, 5.74) is 1.65. The normalized spacial score (nSPS) is 22.6. The van der Waals surface area contributed by atoms with Gasteiger partial charge in [-0.25, -0.2) is 0 Å². The van der Waals surface area contributed by atoms with E-state index >= 15 is 0 Å². The zero-order chi connectivity index (χ0) is 25.0. The molecule has 3 rings (SSSR count). The monoisotopic (exact) mass is 475 g/mol. The van der Waals surface area contributed by atoms with Crippen LogP contribution in [0.4, 0.5) is 0 Å². The number of rotatable bonds is 10. The first-order valence-corrected chi connectivity index (χ1v) is 12.4. The SMILES string of the molecule is COc1cc2c(cc1OC)[C@H]1C[C@@H](COC(=O)CCC(C)(C)C(=O)O)[C@H](CC(C)C)CN1CC2. The molecule has 0 aromatic heterocycles. The van der Waals surface area contributed by atoms with Gasteiger partial charge in [-0.2, -0.15) is 0 Å². The highest BCUT2D eigenvalue weighted by Crippen LogP contribution is 2.45. The molecule has 1 saturated heterocycles. The van der Waals surface area contributed by atoms with E-state index in [1.807, 2.05) is 0 Å². The number of carbonyl (C=O) groups excluding carboxylic acids is 1. The van der Waals surface area contributed by atoms with E-state index in [-0.39, 0.29) is 30.8 Å². The minimum Gasteiger partial charge on any atom is -0.493 e. The third-order valence-corrected chi connectivity index (χ3v) is 7.54. The van der Waals surface area contributed by atoms with Crippen molar-refractivity contribution in [3.8, 4) is 11.5 Å². The van der Waals surface area contributed by atoms with Crippen molar-refractivity contribution in [3.05, 3.63) is 23.3 Å². The van der Waals surface area contributed by atoms with Gasteiger partial charge in [0, 0.05) is 25.6 Å². The third-order valence-electron chi connectivity index (χ3n) is 7.54. The highest BCUT2D eigenvalue weighted by molar-refractivity contribution is 5.75. The topological polar surface area (TPSA) is 85.3 Å². The van der Waals surface area contributed by atoms with Crippen LogP contribution in [0.2, 0.25) is 0 Å². The van der Waals surface area contributed by atoms with Crippen molar-refractivity contribution in [2.24, 2.45) is 23.2 Å². The Morgan fingerprint density at radius 1 is 1.15 bits per heavy atom. The predicted octanol–water partition coefficient (Wildman–Crippen LogP) is 4.72. The van der Waals surface area contributed by atoms with Gasteiger partial charge in [0.25, 0.3) is 0 Å². The van der Waals surface area contributed by atoms with Gasteiger partial charge in [-0.15, -0.1) is 0 Å². The zero-order valence-corrected chi connectivity index (χ0v) is 21.6. The average Bonchev–Trinajstić information content (AvgIpc) is 2.79. The second-order valence-corrected chi connectivity index (χ2v) is 10.9. The largest absolute Gasteiger partial charge is 0.493 e. The van der Waals surface area contributed by atoms with Crippen LogP contribution in [-0.2, 0) is 20.7 Å². The lowest BCUT2D eigenvalue weighted by molar-refractivity contribution is -0.150. The molecule has 1 fully saturated rings. The van der Waals surface area contributed by atoms with E-state index in [2.05, 4.69) is 30.9 Å². The lowest BCUT2D eigenvalue weighted by Crippen LogP contribution is -2.47. The van der Waals surface area contributed by atoms with Gasteiger partial charge in [-0.05, 0) is 80.5 Å². The molecule has 1 aromatic rings. The Morgan fingerprint density at radius 2 is 1.82 bits per heavy atom. The maximum atomic E-state index is 12.5. The second-order valence-electron chi connectivity index (χ2n) is 10.9. The van der Waals surface area contributed by atoms with Crippen LogP contribution in [0.3, 0.4) is 0 Å². The minimum absolute atomic E-state index is 0.121. The summed E-state index contributed by atoms with van der Waals surface area (Å²) in [4.78, 5) is 26.4. The van der Waals surface area contributed by atoms with Crippen LogP contribution in [0.15, 0.2) is 12.1 Å². The number of carbonyl (C=O) groups is 2. The molecule has 0 bridgehead atoms. The summed E-state index contributed by atoms with van der Waals surface area (Å²) in [6, 6.07) is 4.48. The van der Waals surface area contributed by atoms with Crippen LogP contribution >= 0.6 is 0 Å². The number of esters is 1. The molecule has 0 amide bonds. The molecule has 7 heteroatoms. The molecular formula is C27H41NO6. The number of nitrogens with zero attached hydrogens (tertiary/aromatic N) is 1. The van der Waals surface area contributed by atoms with E-state index in [1.165, 1.54) is 11.1 Å². The molecule has 7 nitrogen and oxygen atoms in total.